The van der Waals surface area contributed by atoms with E-state index in [1.54, 1.807) is 0 Å². The van der Waals surface area contributed by atoms with Crippen LogP contribution in [0.4, 0.5) is 0 Å². The molecule has 1 unspecified atom stereocenters. The van der Waals surface area contributed by atoms with E-state index in [1.165, 1.54) is 0 Å². The van der Waals surface area contributed by atoms with E-state index < -0.39 is 5.60 Å². The minimum absolute atomic E-state index is 0.586. The maximum absolute atomic E-state index is 9.80. The second kappa shape index (κ2) is 5.12. The second-order valence-corrected chi connectivity index (χ2v) is 4.15. The quantitative estimate of drug-likeness (QED) is 0.799. The number of aryl methyl sites for hydroxylation is 1. The largest absolute Gasteiger partial charge is 0.390 e. The number of aliphatic hydroxyl groups is 1. The van der Waals surface area contributed by atoms with Crippen molar-refractivity contribution in [2.45, 2.75) is 32.3 Å². The van der Waals surface area contributed by atoms with Crippen LogP contribution in [0.25, 0.3) is 0 Å². The summed E-state index contributed by atoms with van der Waals surface area (Å²) in [5.74, 6) is 0. The molecule has 1 heterocycles. The Labute approximate surface area is 91.1 Å². The summed E-state index contributed by atoms with van der Waals surface area (Å²) >= 11 is 0. The molecule has 1 aromatic rings. The molecule has 1 aromatic heterocycles. The van der Waals surface area contributed by atoms with Gasteiger partial charge < -0.3 is 9.67 Å². The number of nitrogens with zero attached hydrogens (tertiary/aromatic N) is 2. The Morgan fingerprint density at radius 2 is 2.20 bits per heavy atom. The number of pyridine rings is 1. The van der Waals surface area contributed by atoms with E-state index in [4.69, 9.17) is 0 Å². The summed E-state index contributed by atoms with van der Waals surface area (Å²) < 4.78 is 1.97. The van der Waals surface area contributed by atoms with E-state index in [2.05, 4.69) is 4.99 Å². The Morgan fingerprint density at radius 1 is 1.47 bits per heavy atom. The molecule has 0 bridgehead atoms. The van der Waals surface area contributed by atoms with Gasteiger partial charge in [-0.3, -0.25) is 4.99 Å². The van der Waals surface area contributed by atoms with Crippen molar-refractivity contribution in [3.8, 4) is 0 Å². The molecule has 0 aromatic carbocycles. The number of aromatic nitrogens is 1. The van der Waals surface area contributed by atoms with Crippen molar-refractivity contribution < 1.29 is 5.11 Å². The van der Waals surface area contributed by atoms with Crippen LogP contribution in [-0.4, -0.2) is 21.8 Å². The normalized spacial score (nSPS) is 16.4. The van der Waals surface area contributed by atoms with Gasteiger partial charge in [0.1, 0.15) is 5.49 Å². The van der Waals surface area contributed by atoms with E-state index in [9.17, 15) is 5.11 Å². The van der Waals surface area contributed by atoms with Gasteiger partial charge in [-0.1, -0.05) is 13.0 Å². The van der Waals surface area contributed by atoms with Crippen molar-refractivity contribution >= 4 is 0 Å². The third-order valence-corrected chi connectivity index (χ3v) is 2.71. The summed E-state index contributed by atoms with van der Waals surface area (Å²) in [6, 6.07) is 5.92. The first-order chi connectivity index (χ1) is 7.05. The first-order valence-corrected chi connectivity index (χ1v) is 5.40. The molecule has 1 rings (SSSR count). The lowest BCUT2D eigenvalue weighted by atomic mass is 10.00. The average molecular weight is 208 g/mol. The van der Waals surface area contributed by atoms with E-state index in [0.29, 0.717) is 13.0 Å². The maximum Gasteiger partial charge on any atom is 0.127 e. The van der Waals surface area contributed by atoms with Crippen LogP contribution in [0.3, 0.4) is 0 Å². The second-order valence-electron chi connectivity index (χ2n) is 4.15. The van der Waals surface area contributed by atoms with Crippen molar-refractivity contribution in [3.05, 3.63) is 29.9 Å². The molecule has 3 nitrogen and oxygen atoms in total. The fraction of sp³-hybridized carbons (Fsp3) is 0.583. The highest BCUT2D eigenvalue weighted by molar-refractivity contribution is 4.91. The van der Waals surface area contributed by atoms with E-state index in [0.717, 1.165) is 11.9 Å². The topological polar surface area (TPSA) is 37.5 Å². The van der Waals surface area contributed by atoms with Gasteiger partial charge in [0.25, 0.3) is 0 Å². The predicted octanol–water partition coefficient (Wildman–Crippen LogP) is 1.48. The minimum atomic E-state index is -0.586. The molecule has 0 aliphatic carbocycles. The molecule has 15 heavy (non-hydrogen) atoms. The molecule has 0 spiro atoms. The van der Waals surface area contributed by atoms with Gasteiger partial charge in [-0.25, -0.2) is 0 Å². The Morgan fingerprint density at radius 3 is 2.80 bits per heavy atom. The lowest BCUT2D eigenvalue weighted by molar-refractivity contribution is 0.0494. The van der Waals surface area contributed by atoms with Crippen molar-refractivity contribution in [1.82, 2.24) is 4.57 Å². The van der Waals surface area contributed by atoms with Crippen LogP contribution in [-0.2, 0) is 7.05 Å². The van der Waals surface area contributed by atoms with Gasteiger partial charge in [-0.15, -0.1) is 0 Å². The summed E-state index contributed by atoms with van der Waals surface area (Å²) in [4.78, 5) is 4.44. The van der Waals surface area contributed by atoms with Gasteiger partial charge >= 0.3 is 0 Å². The highest BCUT2D eigenvalue weighted by atomic mass is 16.3. The van der Waals surface area contributed by atoms with Crippen LogP contribution in [0.1, 0.15) is 26.7 Å². The zero-order chi connectivity index (χ0) is 11.3. The molecule has 0 fully saturated rings. The molecule has 0 saturated heterocycles. The van der Waals surface area contributed by atoms with Crippen LogP contribution in [0.2, 0.25) is 0 Å². The molecule has 0 saturated carbocycles. The van der Waals surface area contributed by atoms with Gasteiger partial charge in [-0.05, 0) is 31.9 Å². The monoisotopic (exact) mass is 208 g/mol. The summed E-state index contributed by atoms with van der Waals surface area (Å²) in [7, 11) is 1.97. The van der Waals surface area contributed by atoms with Crippen LogP contribution < -0.4 is 5.49 Å². The molecule has 0 aliphatic rings. The molecular weight excluding hydrogens is 188 g/mol. The molecule has 3 heteroatoms. The van der Waals surface area contributed by atoms with Gasteiger partial charge in [0.15, 0.2) is 0 Å². The number of hydrogen-bond acceptors (Lipinski definition) is 2. The van der Waals surface area contributed by atoms with E-state index >= 15 is 0 Å². The predicted molar refractivity (Wildman–Crippen MR) is 61.4 cm³/mol. The first-order valence-electron chi connectivity index (χ1n) is 5.40. The molecule has 1 N–H and O–H groups in total. The fourth-order valence-electron chi connectivity index (χ4n) is 1.27. The lowest BCUT2D eigenvalue weighted by Gasteiger charge is -2.19. The highest BCUT2D eigenvalue weighted by Crippen LogP contribution is 2.12. The van der Waals surface area contributed by atoms with Gasteiger partial charge in [0, 0.05) is 19.8 Å². The third-order valence-electron chi connectivity index (χ3n) is 2.71. The van der Waals surface area contributed by atoms with E-state index in [1.807, 2.05) is 49.9 Å². The molecule has 0 aliphatic heterocycles. The zero-order valence-corrected chi connectivity index (χ0v) is 9.77. The molecule has 0 amide bonds. The smallest absolute Gasteiger partial charge is 0.127 e. The van der Waals surface area contributed by atoms with Gasteiger partial charge in [0.2, 0.25) is 0 Å². The summed E-state index contributed by atoms with van der Waals surface area (Å²) in [6.07, 6.45) is 3.44. The zero-order valence-electron chi connectivity index (χ0n) is 9.77. The maximum atomic E-state index is 9.80. The average Bonchev–Trinajstić information content (AvgIpc) is 2.21. The third kappa shape index (κ3) is 3.88. The van der Waals surface area contributed by atoms with E-state index in [-0.39, 0.29) is 0 Å². The molecule has 0 radical (unpaired) electrons. The SMILES string of the molecule is CCC(C)(O)CCN=c1ccccn1C. The summed E-state index contributed by atoms with van der Waals surface area (Å²) in [6.45, 7) is 4.51. The van der Waals surface area contributed by atoms with Gasteiger partial charge in [-0.2, -0.15) is 0 Å². The van der Waals surface area contributed by atoms with Crippen molar-refractivity contribution in [2.75, 3.05) is 6.54 Å². The lowest BCUT2D eigenvalue weighted by Crippen LogP contribution is -2.25. The van der Waals surface area contributed by atoms with Crippen molar-refractivity contribution in [2.24, 2.45) is 12.0 Å². The first kappa shape index (κ1) is 12.0. The van der Waals surface area contributed by atoms with Crippen LogP contribution in [0.5, 0.6) is 0 Å². The Hall–Kier alpha value is -1.09. The number of hydrogen-bond donors (Lipinski definition) is 1. The van der Waals surface area contributed by atoms with Gasteiger partial charge in [0.05, 0.1) is 5.60 Å². The van der Waals surface area contributed by atoms with Crippen LogP contribution in [0.15, 0.2) is 29.4 Å². The number of rotatable bonds is 4. The molecule has 1 atom stereocenters. The Bertz CT molecular complexity index is 366. The fourth-order valence-corrected chi connectivity index (χ4v) is 1.27. The summed E-state index contributed by atoms with van der Waals surface area (Å²) in [5.41, 5.74) is 0.362. The standard InChI is InChI=1S/C12H20N2O/c1-4-12(2,15)8-9-13-11-7-5-6-10-14(11)3/h5-7,10,15H,4,8-9H2,1-3H3. The molecular formula is C12H20N2O. The Kier molecular flexibility index (Phi) is 4.09. The highest BCUT2D eigenvalue weighted by Gasteiger charge is 2.15. The molecule has 84 valence electrons. The summed E-state index contributed by atoms with van der Waals surface area (Å²) in [5, 5.41) is 9.80. The van der Waals surface area contributed by atoms with Crippen LogP contribution in [0, 0.1) is 0 Å². The minimum Gasteiger partial charge on any atom is -0.390 e. The van der Waals surface area contributed by atoms with Crippen molar-refractivity contribution in [3.63, 3.8) is 0 Å². The van der Waals surface area contributed by atoms with Crippen LogP contribution >= 0.6 is 0 Å². The Balaban J connectivity index is 2.63. The van der Waals surface area contributed by atoms with Crippen molar-refractivity contribution in [1.29, 1.82) is 0 Å².